The molecule has 0 aliphatic carbocycles. The molecule has 1 aliphatic rings. The van der Waals surface area contributed by atoms with Crippen LogP contribution in [0, 0.1) is 5.92 Å². The number of ether oxygens (including phenoxy) is 1. The Morgan fingerprint density at radius 3 is 3.00 bits per heavy atom. The van der Waals surface area contributed by atoms with E-state index in [1.165, 1.54) is 6.42 Å². The van der Waals surface area contributed by atoms with Gasteiger partial charge in [0.25, 0.3) is 0 Å². The molecule has 0 radical (unpaired) electrons. The fourth-order valence-electron chi connectivity index (χ4n) is 2.19. The summed E-state index contributed by atoms with van der Waals surface area (Å²) in [6.45, 7) is 9.23. The minimum absolute atomic E-state index is 0.399. The molecule has 2 unspecified atom stereocenters. The quantitative estimate of drug-likeness (QED) is 0.851. The van der Waals surface area contributed by atoms with E-state index in [0.29, 0.717) is 18.1 Å². The molecular formula is C13H23N3O. The Morgan fingerprint density at radius 2 is 2.41 bits per heavy atom. The number of aromatic nitrogens is 2. The first-order valence-corrected chi connectivity index (χ1v) is 6.53. The third kappa shape index (κ3) is 3.30. The van der Waals surface area contributed by atoms with Gasteiger partial charge in [-0.1, -0.05) is 0 Å². The molecule has 2 heterocycles. The van der Waals surface area contributed by atoms with Gasteiger partial charge in [0.15, 0.2) is 0 Å². The zero-order valence-electron chi connectivity index (χ0n) is 11.0. The molecule has 1 aromatic heterocycles. The molecule has 17 heavy (non-hydrogen) atoms. The van der Waals surface area contributed by atoms with Crippen LogP contribution in [0.3, 0.4) is 0 Å². The van der Waals surface area contributed by atoms with Gasteiger partial charge in [-0.25, -0.2) is 0 Å². The SMILES string of the molecule is CC1OCCC1CNCc1ccn(C(C)C)n1. The fraction of sp³-hybridized carbons (Fsp3) is 0.769. The smallest absolute Gasteiger partial charge is 0.0762 e. The van der Waals surface area contributed by atoms with Gasteiger partial charge in [-0.3, -0.25) is 4.68 Å². The molecule has 1 aromatic rings. The second kappa shape index (κ2) is 5.65. The van der Waals surface area contributed by atoms with E-state index in [-0.39, 0.29) is 0 Å². The third-order valence-electron chi connectivity index (χ3n) is 3.44. The summed E-state index contributed by atoms with van der Waals surface area (Å²) in [5.41, 5.74) is 1.12. The van der Waals surface area contributed by atoms with Gasteiger partial charge in [-0.05, 0) is 39.2 Å². The molecule has 1 N–H and O–H groups in total. The van der Waals surface area contributed by atoms with Crippen LogP contribution in [-0.4, -0.2) is 29.0 Å². The summed E-state index contributed by atoms with van der Waals surface area (Å²) >= 11 is 0. The topological polar surface area (TPSA) is 39.1 Å². The van der Waals surface area contributed by atoms with E-state index in [4.69, 9.17) is 4.74 Å². The largest absolute Gasteiger partial charge is 0.378 e. The Morgan fingerprint density at radius 1 is 1.59 bits per heavy atom. The molecular weight excluding hydrogens is 214 g/mol. The lowest BCUT2D eigenvalue weighted by atomic mass is 10.0. The van der Waals surface area contributed by atoms with Gasteiger partial charge in [0.05, 0.1) is 11.8 Å². The van der Waals surface area contributed by atoms with Crippen LogP contribution in [0.15, 0.2) is 12.3 Å². The van der Waals surface area contributed by atoms with Crippen molar-refractivity contribution in [2.24, 2.45) is 5.92 Å². The monoisotopic (exact) mass is 237 g/mol. The first kappa shape index (κ1) is 12.6. The highest BCUT2D eigenvalue weighted by molar-refractivity contribution is 4.99. The van der Waals surface area contributed by atoms with Gasteiger partial charge in [0, 0.05) is 31.9 Å². The summed E-state index contributed by atoms with van der Waals surface area (Å²) in [6, 6.07) is 2.52. The van der Waals surface area contributed by atoms with Gasteiger partial charge >= 0.3 is 0 Å². The minimum atomic E-state index is 0.399. The third-order valence-corrected chi connectivity index (χ3v) is 3.44. The summed E-state index contributed by atoms with van der Waals surface area (Å²) in [5.74, 6) is 0.655. The average Bonchev–Trinajstić information content (AvgIpc) is 2.89. The summed E-state index contributed by atoms with van der Waals surface area (Å²) in [7, 11) is 0. The Labute approximate surface area is 103 Å². The van der Waals surface area contributed by atoms with Crippen LogP contribution in [0.25, 0.3) is 0 Å². The molecule has 0 amide bonds. The molecule has 4 nitrogen and oxygen atoms in total. The van der Waals surface area contributed by atoms with E-state index >= 15 is 0 Å². The van der Waals surface area contributed by atoms with Crippen molar-refractivity contribution in [2.45, 2.75) is 45.9 Å². The number of hydrogen-bond acceptors (Lipinski definition) is 3. The van der Waals surface area contributed by atoms with Gasteiger partial charge in [-0.2, -0.15) is 5.10 Å². The number of rotatable bonds is 5. The van der Waals surface area contributed by atoms with Crippen molar-refractivity contribution in [2.75, 3.05) is 13.2 Å². The van der Waals surface area contributed by atoms with E-state index in [9.17, 15) is 0 Å². The zero-order chi connectivity index (χ0) is 12.3. The summed E-state index contributed by atoms with van der Waals surface area (Å²) in [4.78, 5) is 0. The van der Waals surface area contributed by atoms with Crippen LogP contribution in [-0.2, 0) is 11.3 Å². The van der Waals surface area contributed by atoms with Crippen LogP contribution >= 0.6 is 0 Å². The van der Waals surface area contributed by atoms with E-state index in [0.717, 1.165) is 25.4 Å². The first-order valence-electron chi connectivity index (χ1n) is 6.53. The Balaban J connectivity index is 1.74. The lowest BCUT2D eigenvalue weighted by Gasteiger charge is -2.14. The van der Waals surface area contributed by atoms with Gasteiger partial charge in [0.2, 0.25) is 0 Å². The fourth-order valence-corrected chi connectivity index (χ4v) is 2.19. The highest BCUT2D eigenvalue weighted by Crippen LogP contribution is 2.19. The molecule has 0 spiro atoms. The maximum absolute atomic E-state index is 5.54. The van der Waals surface area contributed by atoms with Crippen molar-refractivity contribution >= 4 is 0 Å². The molecule has 1 aliphatic heterocycles. The zero-order valence-corrected chi connectivity index (χ0v) is 11.0. The normalized spacial score (nSPS) is 24.7. The summed E-state index contributed by atoms with van der Waals surface area (Å²) in [5, 5.41) is 7.99. The van der Waals surface area contributed by atoms with E-state index in [1.54, 1.807) is 0 Å². The molecule has 2 atom stereocenters. The number of nitrogens with zero attached hydrogens (tertiary/aromatic N) is 2. The predicted octanol–water partition coefficient (Wildman–Crippen LogP) is 1.98. The van der Waals surface area contributed by atoms with Crippen molar-refractivity contribution < 1.29 is 4.74 Å². The summed E-state index contributed by atoms with van der Waals surface area (Å²) in [6.07, 6.45) is 3.62. The Hall–Kier alpha value is -0.870. The van der Waals surface area contributed by atoms with Crippen LogP contribution < -0.4 is 5.32 Å². The number of hydrogen-bond donors (Lipinski definition) is 1. The van der Waals surface area contributed by atoms with Gasteiger partial charge in [0.1, 0.15) is 0 Å². The Kier molecular flexibility index (Phi) is 4.18. The standard InChI is InChI=1S/C13H23N3O/c1-10(2)16-6-4-13(15-16)9-14-8-12-5-7-17-11(12)3/h4,6,10-12,14H,5,7-9H2,1-3H3. The highest BCUT2D eigenvalue weighted by Gasteiger charge is 2.23. The lowest BCUT2D eigenvalue weighted by molar-refractivity contribution is 0.105. The average molecular weight is 237 g/mol. The molecule has 96 valence electrons. The van der Waals surface area contributed by atoms with Crippen molar-refractivity contribution in [3.8, 4) is 0 Å². The molecule has 0 saturated carbocycles. The van der Waals surface area contributed by atoms with Crippen LogP contribution in [0.5, 0.6) is 0 Å². The van der Waals surface area contributed by atoms with Gasteiger partial charge < -0.3 is 10.1 Å². The van der Waals surface area contributed by atoms with Crippen molar-refractivity contribution in [1.29, 1.82) is 0 Å². The van der Waals surface area contributed by atoms with Crippen molar-refractivity contribution in [3.05, 3.63) is 18.0 Å². The van der Waals surface area contributed by atoms with E-state index in [2.05, 4.69) is 37.3 Å². The van der Waals surface area contributed by atoms with E-state index in [1.807, 2.05) is 10.9 Å². The predicted molar refractivity (Wildman–Crippen MR) is 67.8 cm³/mol. The molecule has 1 fully saturated rings. The first-order chi connectivity index (χ1) is 8.16. The second-order valence-electron chi connectivity index (χ2n) is 5.14. The Bertz CT molecular complexity index is 348. The number of nitrogens with one attached hydrogen (secondary N) is 1. The minimum Gasteiger partial charge on any atom is -0.378 e. The van der Waals surface area contributed by atoms with Crippen molar-refractivity contribution in [1.82, 2.24) is 15.1 Å². The maximum atomic E-state index is 5.54. The molecule has 2 rings (SSSR count). The second-order valence-corrected chi connectivity index (χ2v) is 5.14. The molecule has 0 bridgehead atoms. The van der Waals surface area contributed by atoms with Crippen LogP contribution in [0.4, 0.5) is 0 Å². The van der Waals surface area contributed by atoms with E-state index < -0.39 is 0 Å². The van der Waals surface area contributed by atoms with Gasteiger partial charge in [-0.15, -0.1) is 0 Å². The maximum Gasteiger partial charge on any atom is 0.0762 e. The van der Waals surface area contributed by atoms with Crippen molar-refractivity contribution in [3.63, 3.8) is 0 Å². The molecule has 4 heteroatoms. The lowest BCUT2D eigenvalue weighted by Crippen LogP contribution is -2.26. The summed E-state index contributed by atoms with van der Waals surface area (Å²) < 4.78 is 7.54. The highest BCUT2D eigenvalue weighted by atomic mass is 16.5. The van der Waals surface area contributed by atoms with Crippen LogP contribution in [0.1, 0.15) is 38.9 Å². The molecule has 1 saturated heterocycles. The van der Waals surface area contributed by atoms with Crippen LogP contribution in [0.2, 0.25) is 0 Å². The molecule has 0 aromatic carbocycles.